The van der Waals surface area contributed by atoms with Crippen molar-refractivity contribution in [1.82, 2.24) is 4.98 Å². The van der Waals surface area contributed by atoms with Crippen molar-refractivity contribution in [2.45, 2.75) is 19.0 Å². The minimum Gasteiger partial charge on any atom is -0.362 e. The molecule has 4 rings (SSSR count). The summed E-state index contributed by atoms with van der Waals surface area (Å²) in [6.07, 6.45) is 1.96. The van der Waals surface area contributed by atoms with E-state index in [-0.39, 0.29) is 18.0 Å². The summed E-state index contributed by atoms with van der Waals surface area (Å²) in [5.41, 5.74) is 5.13. The predicted molar refractivity (Wildman–Crippen MR) is 74.3 cm³/mol. The molecule has 0 radical (unpaired) electrons. The van der Waals surface area contributed by atoms with E-state index in [0.29, 0.717) is 0 Å². The van der Waals surface area contributed by atoms with Gasteiger partial charge in [0.25, 0.3) is 0 Å². The van der Waals surface area contributed by atoms with Crippen LogP contribution in [0.1, 0.15) is 30.3 Å². The maximum absolute atomic E-state index is 11.7. The van der Waals surface area contributed by atoms with Crippen molar-refractivity contribution < 1.29 is 4.79 Å². The van der Waals surface area contributed by atoms with E-state index in [0.717, 1.165) is 28.3 Å². The van der Waals surface area contributed by atoms with Crippen LogP contribution in [0.5, 0.6) is 0 Å². The van der Waals surface area contributed by atoms with E-state index in [1.54, 1.807) is 0 Å². The van der Waals surface area contributed by atoms with Gasteiger partial charge in [-0.1, -0.05) is 0 Å². The minimum absolute atomic E-state index is 0.0542. The Morgan fingerprint density at radius 1 is 1.11 bits per heavy atom. The molecule has 5 heteroatoms. The maximum atomic E-state index is 11.7. The lowest BCUT2D eigenvalue weighted by Crippen LogP contribution is -2.12. The molecule has 2 atom stereocenters. The average Bonchev–Trinajstić information content (AvgIpc) is 3.08. The zero-order valence-corrected chi connectivity index (χ0v) is 10.4. The van der Waals surface area contributed by atoms with Crippen molar-refractivity contribution >= 4 is 23.0 Å². The second-order valence-electron chi connectivity index (χ2n) is 5.04. The Morgan fingerprint density at radius 3 is 2.63 bits per heavy atom. The van der Waals surface area contributed by atoms with Gasteiger partial charge in [0.1, 0.15) is 6.17 Å². The van der Waals surface area contributed by atoms with Crippen LogP contribution in [0, 0.1) is 0 Å². The Labute approximate surface area is 110 Å². The fourth-order valence-electron chi connectivity index (χ4n) is 2.73. The van der Waals surface area contributed by atoms with Gasteiger partial charge >= 0.3 is 0 Å². The molecule has 19 heavy (non-hydrogen) atoms. The van der Waals surface area contributed by atoms with E-state index in [1.807, 2.05) is 31.3 Å². The zero-order valence-electron chi connectivity index (χ0n) is 10.4. The second-order valence-corrected chi connectivity index (χ2v) is 5.04. The number of carbonyl (C=O) groups excluding carboxylic acids is 1. The lowest BCUT2D eigenvalue weighted by atomic mass is 10.0. The molecule has 0 saturated carbocycles. The SMILES string of the molecule is CC1C(=O)Nc2cc3c(cc21)NC(c1ccc[nH]1)N3. The largest absolute Gasteiger partial charge is 0.362 e. The number of benzene rings is 1. The number of fused-ring (bicyclic) bond motifs is 2. The van der Waals surface area contributed by atoms with Gasteiger partial charge in [0.15, 0.2) is 0 Å². The number of aromatic amines is 1. The minimum atomic E-state index is -0.0772. The third kappa shape index (κ3) is 1.44. The van der Waals surface area contributed by atoms with Gasteiger partial charge < -0.3 is 20.9 Å². The predicted octanol–water partition coefficient (Wildman–Crippen LogP) is 2.61. The molecule has 1 aromatic heterocycles. The molecule has 0 bridgehead atoms. The fourth-order valence-corrected chi connectivity index (χ4v) is 2.73. The molecule has 3 heterocycles. The molecule has 0 fully saturated rings. The first-order chi connectivity index (χ1) is 9.22. The van der Waals surface area contributed by atoms with Gasteiger partial charge in [-0.05, 0) is 36.8 Å². The standard InChI is InChI=1S/C14H14N4O/c1-7-8-5-11-12(6-10(8)18-14(7)19)17-13(16-11)9-3-2-4-15-9/h2-7,13,15-17H,1H3,(H,18,19). The van der Waals surface area contributed by atoms with Crippen molar-refractivity contribution in [3.8, 4) is 0 Å². The van der Waals surface area contributed by atoms with E-state index in [4.69, 9.17) is 0 Å². The summed E-state index contributed by atoms with van der Waals surface area (Å²) in [4.78, 5) is 14.8. The fraction of sp³-hybridized carbons (Fsp3) is 0.214. The molecule has 2 aliphatic rings. The molecule has 0 saturated heterocycles. The highest BCUT2D eigenvalue weighted by molar-refractivity contribution is 6.04. The van der Waals surface area contributed by atoms with Gasteiger partial charge in [-0.2, -0.15) is 0 Å². The van der Waals surface area contributed by atoms with Gasteiger partial charge in [0.2, 0.25) is 5.91 Å². The lowest BCUT2D eigenvalue weighted by Gasteiger charge is -2.09. The number of hydrogen-bond acceptors (Lipinski definition) is 3. The van der Waals surface area contributed by atoms with E-state index in [9.17, 15) is 4.79 Å². The summed E-state index contributed by atoms with van der Waals surface area (Å²) in [7, 11) is 0. The van der Waals surface area contributed by atoms with E-state index in [2.05, 4.69) is 27.0 Å². The summed E-state index contributed by atoms with van der Waals surface area (Å²) in [5, 5.41) is 9.74. The first-order valence-corrected chi connectivity index (χ1v) is 6.37. The smallest absolute Gasteiger partial charge is 0.231 e. The number of aromatic nitrogens is 1. The van der Waals surface area contributed by atoms with Crippen molar-refractivity contribution in [2.75, 3.05) is 16.0 Å². The summed E-state index contributed by atoms with van der Waals surface area (Å²) < 4.78 is 0. The Morgan fingerprint density at radius 2 is 1.89 bits per heavy atom. The molecule has 0 spiro atoms. The first-order valence-electron chi connectivity index (χ1n) is 6.37. The van der Waals surface area contributed by atoms with Gasteiger partial charge in [-0.25, -0.2) is 0 Å². The van der Waals surface area contributed by atoms with Crippen LogP contribution in [0.25, 0.3) is 0 Å². The van der Waals surface area contributed by atoms with Crippen molar-refractivity contribution in [1.29, 1.82) is 0 Å². The Hall–Kier alpha value is -2.43. The normalized spacial score (nSPS) is 23.3. The summed E-state index contributed by atoms with van der Waals surface area (Å²) in [6, 6.07) is 8.07. The van der Waals surface area contributed by atoms with Crippen LogP contribution in [0.15, 0.2) is 30.5 Å². The average molecular weight is 254 g/mol. The second kappa shape index (κ2) is 3.54. The van der Waals surface area contributed by atoms with Crippen LogP contribution < -0.4 is 16.0 Å². The van der Waals surface area contributed by atoms with Crippen LogP contribution in [0.3, 0.4) is 0 Å². The highest BCUT2D eigenvalue weighted by atomic mass is 16.2. The molecule has 96 valence electrons. The zero-order chi connectivity index (χ0) is 13.0. The summed E-state index contributed by atoms with van der Waals surface area (Å²) in [6.45, 7) is 1.93. The van der Waals surface area contributed by atoms with Gasteiger partial charge in [-0.15, -0.1) is 0 Å². The first kappa shape index (κ1) is 10.5. The molecule has 1 aromatic carbocycles. The maximum Gasteiger partial charge on any atom is 0.231 e. The van der Waals surface area contributed by atoms with E-state index in [1.165, 1.54) is 0 Å². The number of H-pyrrole nitrogens is 1. The molecule has 0 aliphatic carbocycles. The third-order valence-corrected chi connectivity index (χ3v) is 3.84. The molecule has 4 N–H and O–H groups in total. The van der Waals surface area contributed by atoms with E-state index >= 15 is 0 Å². The third-order valence-electron chi connectivity index (χ3n) is 3.84. The summed E-state index contributed by atoms with van der Waals surface area (Å²) in [5.74, 6) is -0.00812. The quantitative estimate of drug-likeness (QED) is 0.632. The number of amides is 1. The summed E-state index contributed by atoms with van der Waals surface area (Å²) >= 11 is 0. The number of nitrogens with one attached hydrogen (secondary N) is 4. The molecular formula is C14H14N4O. The van der Waals surface area contributed by atoms with Crippen LogP contribution >= 0.6 is 0 Å². The van der Waals surface area contributed by atoms with Crippen LogP contribution in [0.2, 0.25) is 0 Å². The molecular weight excluding hydrogens is 240 g/mol. The highest BCUT2D eigenvalue weighted by Crippen LogP contribution is 2.43. The van der Waals surface area contributed by atoms with Gasteiger partial charge in [0, 0.05) is 11.9 Å². The van der Waals surface area contributed by atoms with Gasteiger partial charge in [0.05, 0.1) is 23.0 Å². The topological polar surface area (TPSA) is 69.0 Å². The van der Waals surface area contributed by atoms with E-state index < -0.39 is 0 Å². The Bertz CT molecular complexity index is 662. The molecule has 2 aromatic rings. The Balaban J connectivity index is 1.71. The van der Waals surface area contributed by atoms with Crippen LogP contribution in [0.4, 0.5) is 17.1 Å². The molecule has 5 nitrogen and oxygen atoms in total. The number of carbonyl (C=O) groups is 1. The van der Waals surface area contributed by atoms with Crippen molar-refractivity contribution in [3.63, 3.8) is 0 Å². The molecule has 2 aliphatic heterocycles. The lowest BCUT2D eigenvalue weighted by molar-refractivity contribution is -0.116. The molecule has 2 unspecified atom stereocenters. The monoisotopic (exact) mass is 254 g/mol. The molecule has 1 amide bonds. The Kier molecular flexibility index (Phi) is 1.95. The van der Waals surface area contributed by atoms with Crippen molar-refractivity contribution in [3.05, 3.63) is 41.7 Å². The highest BCUT2D eigenvalue weighted by Gasteiger charge is 2.30. The number of hydrogen-bond donors (Lipinski definition) is 4. The number of anilines is 3. The van der Waals surface area contributed by atoms with Crippen LogP contribution in [-0.2, 0) is 4.79 Å². The van der Waals surface area contributed by atoms with Gasteiger partial charge in [-0.3, -0.25) is 4.79 Å². The van der Waals surface area contributed by atoms with Crippen LogP contribution in [-0.4, -0.2) is 10.9 Å². The number of rotatable bonds is 1. The van der Waals surface area contributed by atoms with Crippen molar-refractivity contribution in [2.24, 2.45) is 0 Å².